The molecular weight excluding hydrogens is 445 g/mol. The number of carbonyl (C=O) groups excluding carboxylic acids is 1. The molecule has 5 rings (SSSR count). The highest BCUT2D eigenvalue weighted by atomic mass is 19.1. The molecule has 0 bridgehead atoms. The predicted molar refractivity (Wildman–Crippen MR) is 138 cm³/mol. The maximum absolute atomic E-state index is 14.7. The monoisotopic (exact) mass is 477 g/mol. The van der Waals surface area contributed by atoms with E-state index in [9.17, 15) is 9.18 Å². The van der Waals surface area contributed by atoms with Gasteiger partial charge in [0.2, 0.25) is 0 Å². The van der Waals surface area contributed by atoms with Crippen LogP contribution in [0, 0.1) is 0 Å². The molecule has 0 saturated heterocycles. The Hall–Kier alpha value is -3.46. The Kier molecular flexibility index (Phi) is 6.19. The average Bonchev–Trinajstić information content (AvgIpc) is 3.48. The number of aromatic nitrogens is 4. The summed E-state index contributed by atoms with van der Waals surface area (Å²) in [6.07, 6.45) is 5.93. The van der Waals surface area contributed by atoms with E-state index in [1.54, 1.807) is 12.7 Å². The standard InChI is InChI=1S/C26H32FN7O/c1-32(2)10-11-33(3)22-13-17(24-25(30-14-29-24)23(22)26(28)35)16-8-9-21-19(12-16)31-15-34(21)20-7-5-4-6-18(20)27/h8-9,12-15,18,20H,4-7,10-11H2,1-3H3,(H2,28,35)(H,29,30)/t18-,20-/m1/s1. The highest BCUT2D eigenvalue weighted by Crippen LogP contribution is 2.38. The number of hydrogen-bond acceptors (Lipinski definition) is 5. The highest BCUT2D eigenvalue weighted by Gasteiger charge is 2.27. The van der Waals surface area contributed by atoms with Crippen LogP contribution in [0.15, 0.2) is 36.9 Å². The lowest BCUT2D eigenvalue weighted by molar-refractivity contribution is 0.100. The molecule has 2 atom stereocenters. The summed E-state index contributed by atoms with van der Waals surface area (Å²) in [7, 11) is 5.98. The van der Waals surface area contributed by atoms with Crippen LogP contribution in [0.25, 0.3) is 33.2 Å². The van der Waals surface area contributed by atoms with Crippen molar-refractivity contribution in [3.8, 4) is 11.1 Å². The second kappa shape index (κ2) is 9.30. The van der Waals surface area contributed by atoms with Crippen LogP contribution in [-0.2, 0) is 0 Å². The van der Waals surface area contributed by atoms with Crippen molar-refractivity contribution in [3.05, 3.63) is 42.5 Å². The number of fused-ring (bicyclic) bond motifs is 2. The van der Waals surface area contributed by atoms with E-state index in [0.29, 0.717) is 23.0 Å². The summed E-state index contributed by atoms with van der Waals surface area (Å²) in [5.41, 5.74) is 11.8. The van der Waals surface area contributed by atoms with Crippen molar-refractivity contribution >= 4 is 33.7 Å². The summed E-state index contributed by atoms with van der Waals surface area (Å²) in [6.45, 7) is 1.55. The number of primary amides is 1. The molecule has 2 aromatic heterocycles. The van der Waals surface area contributed by atoms with Gasteiger partial charge in [0, 0.05) is 25.7 Å². The molecule has 2 aromatic carbocycles. The van der Waals surface area contributed by atoms with E-state index in [4.69, 9.17) is 5.73 Å². The first kappa shape index (κ1) is 23.3. The molecular formula is C26H32FN7O. The minimum absolute atomic E-state index is 0.163. The topological polar surface area (TPSA) is 96.1 Å². The lowest BCUT2D eigenvalue weighted by atomic mass is 9.93. The SMILES string of the molecule is CN(C)CCN(C)c1cc(-c2ccc3c(c2)ncn3[C@@H]2CCCC[C@H]2F)c2nc[nH]c2c1C(N)=O. The molecule has 0 radical (unpaired) electrons. The minimum atomic E-state index is -0.842. The normalized spacial score (nSPS) is 18.5. The van der Waals surface area contributed by atoms with Crippen LogP contribution >= 0.6 is 0 Å². The quantitative estimate of drug-likeness (QED) is 0.417. The number of alkyl halides is 1. The largest absolute Gasteiger partial charge is 0.373 e. The number of imidazole rings is 2. The molecule has 0 unspecified atom stereocenters. The Balaban J connectivity index is 1.61. The van der Waals surface area contributed by atoms with Gasteiger partial charge >= 0.3 is 0 Å². The molecule has 9 heteroatoms. The number of amides is 1. The molecule has 8 nitrogen and oxygen atoms in total. The van der Waals surface area contributed by atoms with Crippen LogP contribution in [0.2, 0.25) is 0 Å². The first-order chi connectivity index (χ1) is 16.8. The van der Waals surface area contributed by atoms with Gasteiger partial charge < -0.3 is 25.1 Å². The first-order valence-electron chi connectivity index (χ1n) is 12.1. The van der Waals surface area contributed by atoms with Gasteiger partial charge in [-0.15, -0.1) is 0 Å². The number of H-pyrrole nitrogens is 1. The van der Waals surface area contributed by atoms with Crippen molar-refractivity contribution < 1.29 is 9.18 Å². The van der Waals surface area contributed by atoms with Gasteiger partial charge in [-0.3, -0.25) is 4.79 Å². The van der Waals surface area contributed by atoms with Crippen molar-refractivity contribution in [3.63, 3.8) is 0 Å². The summed E-state index contributed by atoms with van der Waals surface area (Å²) in [5.74, 6) is -0.500. The van der Waals surface area contributed by atoms with Crippen LogP contribution in [0.1, 0.15) is 42.1 Å². The molecule has 1 saturated carbocycles. The number of halogens is 1. The van der Waals surface area contributed by atoms with Gasteiger partial charge in [0.15, 0.2) is 0 Å². The van der Waals surface area contributed by atoms with E-state index in [1.165, 1.54) is 0 Å². The average molecular weight is 478 g/mol. The third-order valence-electron chi connectivity index (χ3n) is 7.11. The number of benzene rings is 2. The number of anilines is 1. The van der Waals surface area contributed by atoms with Gasteiger partial charge in [-0.2, -0.15) is 0 Å². The van der Waals surface area contributed by atoms with Gasteiger partial charge in [-0.1, -0.05) is 18.9 Å². The van der Waals surface area contributed by atoms with Crippen molar-refractivity contribution in [2.24, 2.45) is 5.73 Å². The van der Waals surface area contributed by atoms with E-state index < -0.39 is 12.1 Å². The van der Waals surface area contributed by atoms with E-state index in [0.717, 1.165) is 60.2 Å². The zero-order chi connectivity index (χ0) is 24.7. The second-order valence-corrected chi connectivity index (χ2v) is 9.76. The van der Waals surface area contributed by atoms with Crippen molar-refractivity contribution in [2.45, 2.75) is 37.9 Å². The van der Waals surface area contributed by atoms with E-state index >= 15 is 0 Å². The molecule has 0 spiro atoms. The number of likely N-dealkylation sites (N-methyl/N-ethyl adjacent to an activating group) is 2. The number of nitrogens with zero attached hydrogens (tertiary/aromatic N) is 5. The molecule has 35 heavy (non-hydrogen) atoms. The fourth-order valence-electron chi connectivity index (χ4n) is 5.18. The number of carbonyl (C=O) groups is 1. The minimum Gasteiger partial charge on any atom is -0.373 e. The number of hydrogen-bond donors (Lipinski definition) is 2. The summed E-state index contributed by atoms with van der Waals surface area (Å²) < 4.78 is 16.6. The van der Waals surface area contributed by atoms with Crippen LogP contribution in [0.5, 0.6) is 0 Å². The van der Waals surface area contributed by atoms with Gasteiger partial charge in [-0.25, -0.2) is 14.4 Å². The molecule has 2 heterocycles. The molecule has 4 aromatic rings. The number of rotatable bonds is 7. The predicted octanol–water partition coefficient (Wildman–Crippen LogP) is 4.13. The molecule has 1 aliphatic rings. The van der Waals surface area contributed by atoms with Crippen LogP contribution in [0.3, 0.4) is 0 Å². The Morgan fingerprint density at radius 1 is 1.17 bits per heavy atom. The van der Waals surface area contributed by atoms with Gasteiger partial charge in [0.1, 0.15) is 6.17 Å². The Morgan fingerprint density at radius 2 is 1.97 bits per heavy atom. The summed E-state index contributed by atoms with van der Waals surface area (Å²) >= 11 is 0. The van der Waals surface area contributed by atoms with Crippen molar-refractivity contribution in [2.75, 3.05) is 39.1 Å². The van der Waals surface area contributed by atoms with Crippen LogP contribution in [-0.4, -0.2) is 70.7 Å². The lowest BCUT2D eigenvalue weighted by Gasteiger charge is -2.27. The van der Waals surface area contributed by atoms with Gasteiger partial charge in [0.05, 0.1) is 52.0 Å². The third kappa shape index (κ3) is 4.25. The summed E-state index contributed by atoms with van der Waals surface area (Å²) in [6, 6.07) is 7.86. The second-order valence-electron chi connectivity index (χ2n) is 9.76. The molecule has 1 fully saturated rings. The van der Waals surface area contributed by atoms with Gasteiger partial charge in [-0.05, 0) is 50.7 Å². The van der Waals surface area contributed by atoms with Crippen molar-refractivity contribution in [1.82, 2.24) is 24.4 Å². The molecule has 3 N–H and O–H groups in total. The lowest BCUT2D eigenvalue weighted by Crippen LogP contribution is -2.30. The zero-order valence-electron chi connectivity index (χ0n) is 20.5. The smallest absolute Gasteiger partial charge is 0.253 e. The number of aromatic amines is 1. The Labute approximate surface area is 203 Å². The maximum Gasteiger partial charge on any atom is 0.253 e. The van der Waals surface area contributed by atoms with E-state index in [2.05, 4.69) is 19.9 Å². The number of nitrogens with one attached hydrogen (secondary N) is 1. The Bertz CT molecular complexity index is 1380. The zero-order valence-corrected chi connectivity index (χ0v) is 20.5. The summed E-state index contributed by atoms with van der Waals surface area (Å²) in [4.78, 5) is 28.9. The fraction of sp³-hybridized carbons (Fsp3) is 0.423. The number of nitrogens with two attached hydrogens (primary N) is 1. The fourth-order valence-corrected chi connectivity index (χ4v) is 5.18. The van der Waals surface area contributed by atoms with Crippen molar-refractivity contribution in [1.29, 1.82) is 0 Å². The highest BCUT2D eigenvalue weighted by molar-refractivity contribution is 6.13. The van der Waals surface area contributed by atoms with E-state index in [1.807, 2.05) is 54.9 Å². The molecule has 1 amide bonds. The molecule has 0 aliphatic heterocycles. The van der Waals surface area contributed by atoms with E-state index in [-0.39, 0.29) is 6.04 Å². The first-order valence-corrected chi connectivity index (χ1v) is 12.1. The van der Waals surface area contributed by atoms with Crippen LogP contribution in [0.4, 0.5) is 10.1 Å². The Morgan fingerprint density at radius 3 is 2.71 bits per heavy atom. The molecule has 1 aliphatic carbocycles. The molecule has 184 valence electrons. The summed E-state index contributed by atoms with van der Waals surface area (Å²) in [5, 5.41) is 0. The third-order valence-corrected chi connectivity index (χ3v) is 7.11. The van der Waals surface area contributed by atoms with Crippen LogP contribution < -0.4 is 10.6 Å². The maximum atomic E-state index is 14.7. The van der Waals surface area contributed by atoms with Gasteiger partial charge in [0.25, 0.3) is 5.91 Å².